The summed E-state index contributed by atoms with van der Waals surface area (Å²) in [6, 6.07) is 0. The fraction of sp³-hybridized carbons (Fsp3) is 1.00. The third-order valence-electron chi connectivity index (χ3n) is 3.86. The van der Waals surface area contributed by atoms with E-state index in [9.17, 15) is 0 Å². The van der Waals surface area contributed by atoms with Gasteiger partial charge in [0.25, 0.3) is 0 Å². The van der Waals surface area contributed by atoms with Crippen molar-refractivity contribution in [2.24, 2.45) is 0 Å². The smallest absolute Gasteiger partial charge is 0.340 e. The third-order valence-corrected chi connectivity index (χ3v) is 8.19. The van der Waals surface area contributed by atoms with Gasteiger partial charge < -0.3 is 8.85 Å². The van der Waals surface area contributed by atoms with E-state index in [1.807, 2.05) is 0 Å². The number of hydrogen-bond donors (Lipinski definition) is 0. The lowest BCUT2D eigenvalue weighted by Crippen LogP contribution is -2.49. The Morgan fingerprint density at radius 2 is 1.29 bits per heavy atom. The minimum Gasteiger partial charge on any atom is -0.394 e. The van der Waals surface area contributed by atoms with E-state index in [0.29, 0.717) is 0 Å². The first-order chi connectivity index (χ1) is 7.93. The molecule has 0 heterocycles. The van der Waals surface area contributed by atoms with E-state index >= 15 is 0 Å². The molecule has 0 aliphatic heterocycles. The molecule has 0 N–H and O–H groups in total. The summed E-state index contributed by atoms with van der Waals surface area (Å²) in [7, 11) is -2.05. The van der Waals surface area contributed by atoms with Gasteiger partial charge in [0, 0.05) is 18.3 Å². The number of unbranched alkanes of at least 4 members (excludes halogenated alkanes) is 2. The van der Waals surface area contributed by atoms with Crippen LogP contribution in [0.3, 0.4) is 0 Å². The average Bonchev–Trinajstić information content (AvgIpc) is 2.29. The first kappa shape index (κ1) is 17.1. The van der Waals surface area contributed by atoms with Gasteiger partial charge in [-0.1, -0.05) is 47.5 Å². The standard InChI is InChI=1S/C14H32O2Si/c1-7-10-12-15-17(6,14(4,5)9-3)16-13-11-8-2/h7-13H2,1-6H3. The monoisotopic (exact) mass is 260 g/mol. The third kappa shape index (κ3) is 5.54. The van der Waals surface area contributed by atoms with Crippen molar-refractivity contribution >= 4 is 8.56 Å². The first-order valence-corrected chi connectivity index (χ1v) is 9.53. The maximum absolute atomic E-state index is 6.19. The topological polar surface area (TPSA) is 18.5 Å². The number of hydrogen-bond acceptors (Lipinski definition) is 2. The molecule has 104 valence electrons. The van der Waals surface area contributed by atoms with Crippen LogP contribution in [0.25, 0.3) is 0 Å². The Morgan fingerprint density at radius 1 is 0.882 bits per heavy atom. The Bertz CT molecular complexity index is 183. The van der Waals surface area contributed by atoms with Crippen LogP contribution in [0.4, 0.5) is 0 Å². The highest BCUT2D eigenvalue weighted by Gasteiger charge is 2.46. The highest BCUT2D eigenvalue weighted by atomic mass is 28.4. The Hall–Kier alpha value is 0.137. The Labute approximate surface area is 109 Å². The minimum atomic E-state index is -2.05. The molecule has 2 nitrogen and oxygen atoms in total. The fourth-order valence-corrected chi connectivity index (χ4v) is 4.15. The molecule has 0 atom stereocenters. The Balaban J connectivity index is 4.45. The lowest BCUT2D eigenvalue weighted by molar-refractivity contribution is 0.145. The maximum atomic E-state index is 6.19. The Kier molecular flexibility index (Phi) is 8.34. The molecule has 0 aromatic carbocycles. The molecule has 0 unspecified atom stereocenters. The summed E-state index contributed by atoms with van der Waals surface area (Å²) < 4.78 is 12.4. The lowest BCUT2D eigenvalue weighted by Gasteiger charge is -2.40. The van der Waals surface area contributed by atoms with Crippen LogP contribution >= 0.6 is 0 Å². The van der Waals surface area contributed by atoms with Gasteiger partial charge in [0.15, 0.2) is 0 Å². The average molecular weight is 260 g/mol. The molecule has 0 aliphatic rings. The molecule has 0 fully saturated rings. The minimum absolute atomic E-state index is 0.189. The van der Waals surface area contributed by atoms with Crippen LogP contribution in [-0.2, 0) is 8.85 Å². The van der Waals surface area contributed by atoms with E-state index in [1.54, 1.807) is 0 Å². The summed E-state index contributed by atoms with van der Waals surface area (Å²) in [5, 5.41) is 0.189. The van der Waals surface area contributed by atoms with Crippen molar-refractivity contribution in [1.29, 1.82) is 0 Å². The highest BCUT2D eigenvalue weighted by molar-refractivity contribution is 6.69. The fourth-order valence-electron chi connectivity index (χ4n) is 1.58. The molecule has 0 spiro atoms. The molecule has 0 amide bonds. The van der Waals surface area contributed by atoms with Gasteiger partial charge in [0.2, 0.25) is 0 Å². The van der Waals surface area contributed by atoms with E-state index in [0.717, 1.165) is 32.5 Å². The van der Waals surface area contributed by atoms with Crippen molar-refractivity contribution in [3.63, 3.8) is 0 Å². The van der Waals surface area contributed by atoms with Crippen LogP contribution in [0.2, 0.25) is 11.6 Å². The van der Waals surface area contributed by atoms with E-state index < -0.39 is 8.56 Å². The molecular formula is C14H32O2Si. The van der Waals surface area contributed by atoms with E-state index in [4.69, 9.17) is 8.85 Å². The van der Waals surface area contributed by atoms with Gasteiger partial charge >= 0.3 is 8.56 Å². The molecular weight excluding hydrogens is 228 g/mol. The predicted octanol–water partition coefficient (Wildman–Crippen LogP) is 4.88. The largest absolute Gasteiger partial charge is 0.394 e. The van der Waals surface area contributed by atoms with Crippen molar-refractivity contribution in [1.82, 2.24) is 0 Å². The molecule has 3 heteroatoms. The molecule has 0 saturated carbocycles. The Morgan fingerprint density at radius 3 is 1.59 bits per heavy atom. The maximum Gasteiger partial charge on any atom is 0.340 e. The second-order valence-corrected chi connectivity index (χ2v) is 9.41. The molecule has 0 bridgehead atoms. The van der Waals surface area contributed by atoms with Gasteiger partial charge in [0.05, 0.1) is 0 Å². The summed E-state index contributed by atoms with van der Waals surface area (Å²) in [5.41, 5.74) is 0. The van der Waals surface area contributed by atoms with Crippen LogP contribution in [0.5, 0.6) is 0 Å². The van der Waals surface area contributed by atoms with Gasteiger partial charge in [0.1, 0.15) is 0 Å². The van der Waals surface area contributed by atoms with Crippen molar-refractivity contribution in [3.8, 4) is 0 Å². The van der Waals surface area contributed by atoms with Gasteiger partial charge in [-0.3, -0.25) is 0 Å². The molecule has 0 aromatic rings. The van der Waals surface area contributed by atoms with E-state index in [-0.39, 0.29) is 5.04 Å². The zero-order chi connectivity index (χ0) is 13.4. The van der Waals surface area contributed by atoms with Crippen LogP contribution in [0, 0.1) is 0 Å². The highest BCUT2D eigenvalue weighted by Crippen LogP contribution is 2.41. The van der Waals surface area contributed by atoms with Crippen LogP contribution in [0.1, 0.15) is 66.7 Å². The quantitative estimate of drug-likeness (QED) is 0.411. The molecule has 0 aliphatic carbocycles. The van der Waals surface area contributed by atoms with Crippen LogP contribution in [-0.4, -0.2) is 21.8 Å². The van der Waals surface area contributed by atoms with Crippen molar-refractivity contribution in [2.75, 3.05) is 13.2 Å². The van der Waals surface area contributed by atoms with E-state index in [1.165, 1.54) is 12.8 Å². The molecule has 17 heavy (non-hydrogen) atoms. The number of rotatable bonds is 10. The van der Waals surface area contributed by atoms with Gasteiger partial charge in [-0.2, -0.15) is 0 Å². The van der Waals surface area contributed by atoms with Gasteiger partial charge in [-0.15, -0.1) is 0 Å². The second-order valence-electron chi connectivity index (χ2n) is 5.59. The molecule has 0 aromatic heterocycles. The molecule has 0 radical (unpaired) electrons. The summed E-state index contributed by atoms with van der Waals surface area (Å²) >= 11 is 0. The lowest BCUT2D eigenvalue weighted by atomic mass is 10.1. The van der Waals surface area contributed by atoms with E-state index in [2.05, 4.69) is 41.2 Å². The zero-order valence-electron chi connectivity index (χ0n) is 12.8. The summed E-state index contributed by atoms with van der Waals surface area (Å²) in [5.74, 6) is 0. The normalized spacial score (nSPS) is 13.1. The SMILES string of the molecule is CCCCO[Si](C)(OCCCC)C(C)(C)CC. The van der Waals surface area contributed by atoms with Crippen molar-refractivity contribution < 1.29 is 8.85 Å². The summed E-state index contributed by atoms with van der Waals surface area (Å²) in [6.07, 6.45) is 5.77. The van der Waals surface area contributed by atoms with Gasteiger partial charge in [-0.25, -0.2) is 0 Å². The van der Waals surface area contributed by atoms with Gasteiger partial charge in [-0.05, 0) is 25.8 Å². The molecule has 0 rings (SSSR count). The van der Waals surface area contributed by atoms with Crippen LogP contribution < -0.4 is 0 Å². The molecule has 0 saturated heterocycles. The van der Waals surface area contributed by atoms with Crippen molar-refractivity contribution in [2.45, 2.75) is 78.3 Å². The predicted molar refractivity (Wildman–Crippen MR) is 77.7 cm³/mol. The van der Waals surface area contributed by atoms with Crippen LogP contribution in [0.15, 0.2) is 0 Å². The first-order valence-electron chi connectivity index (χ1n) is 7.21. The second kappa shape index (κ2) is 8.28. The summed E-state index contributed by atoms with van der Waals surface area (Å²) in [6.45, 7) is 15.2. The van der Waals surface area contributed by atoms with Crippen molar-refractivity contribution in [3.05, 3.63) is 0 Å². The zero-order valence-corrected chi connectivity index (χ0v) is 13.8. The summed E-state index contributed by atoms with van der Waals surface area (Å²) in [4.78, 5) is 0.